The van der Waals surface area contributed by atoms with E-state index in [-0.39, 0.29) is 0 Å². The lowest BCUT2D eigenvalue weighted by Crippen LogP contribution is -1.85. The van der Waals surface area contributed by atoms with Crippen LogP contribution in [0, 0.1) is 13.8 Å². The van der Waals surface area contributed by atoms with Crippen molar-refractivity contribution < 1.29 is 0 Å². The van der Waals surface area contributed by atoms with Gasteiger partial charge < -0.3 is 0 Å². The highest BCUT2D eigenvalue weighted by Crippen LogP contribution is 2.40. The van der Waals surface area contributed by atoms with Crippen LogP contribution in [-0.4, -0.2) is 9.97 Å². The summed E-state index contributed by atoms with van der Waals surface area (Å²) in [5, 5.41) is 1.04. The van der Waals surface area contributed by atoms with Crippen LogP contribution in [0.15, 0.2) is 72.9 Å². The van der Waals surface area contributed by atoms with Crippen molar-refractivity contribution in [3.63, 3.8) is 0 Å². The van der Waals surface area contributed by atoms with E-state index in [1.165, 1.54) is 16.0 Å². The second-order valence-electron chi connectivity index (χ2n) is 6.12. The molecule has 0 saturated heterocycles. The lowest BCUT2D eigenvalue weighted by Gasteiger charge is -2.04. The van der Waals surface area contributed by atoms with E-state index >= 15 is 0 Å². The van der Waals surface area contributed by atoms with E-state index in [0.29, 0.717) is 0 Å². The van der Waals surface area contributed by atoms with Gasteiger partial charge in [-0.2, -0.15) is 0 Å². The normalized spacial score (nSPS) is 10.8. The van der Waals surface area contributed by atoms with Crippen molar-refractivity contribution in [2.75, 3.05) is 0 Å². The average molecular weight is 342 g/mol. The molecule has 4 rings (SSSR count). The van der Waals surface area contributed by atoms with Crippen LogP contribution in [0.3, 0.4) is 0 Å². The van der Waals surface area contributed by atoms with Crippen molar-refractivity contribution in [1.82, 2.24) is 9.97 Å². The maximum atomic E-state index is 5.00. The first kappa shape index (κ1) is 15.7. The van der Waals surface area contributed by atoms with Gasteiger partial charge in [-0.05, 0) is 37.6 Å². The molecule has 0 N–H and O–H groups in total. The summed E-state index contributed by atoms with van der Waals surface area (Å²) in [6.45, 7) is 4.14. The summed E-state index contributed by atoms with van der Waals surface area (Å²) in [6.07, 6.45) is 1.87. The SMILES string of the molecule is Cc1cccc(-c2nc(-c3ccccc3)sc2-c2ccnc(C)c2)c1. The zero-order valence-corrected chi connectivity index (χ0v) is 15.0. The smallest absolute Gasteiger partial charge is 0.124 e. The monoisotopic (exact) mass is 342 g/mol. The summed E-state index contributed by atoms with van der Waals surface area (Å²) in [7, 11) is 0. The minimum absolute atomic E-state index is 1.02. The highest BCUT2D eigenvalue weighted by Gasteiger charge is 2.16. The van der Waals surface area contributed by atoms with E-state index in [9.17, 15) is 0 Å². The minimum atomic E-state index is 1.02. The zero-order valence-electron chi connectivity index (χ0n) is 14.2. The van der Waals surface area contributed by atoms with Crippen LogP contribution in [0.5, 0.6) is 0 Å². The van der Waals surface area contributed by atoms with Gasteiger partial charge in [0.05, 0.1) is 10.6 Å². The van der Waals surface area contributed by atoms with Crippen LogP contribution in [0.2, 0.25) is 0 Å². The molecule has 0 saturated carbocycles. The Morgan fingerprint density at radius 1 is 0.760 bits per heavy atom. The van der Waals surface area contributed by atoms with E-state index in [2.05, 4.69) is 72.6 Å². The van der Waals surface area contributed by atoms with Crippen LogP contribution < -0.4 is 0 Å². The van der Waals surface area contributed by atoms with Crippen LogP contribution >= 0.6 is 11.3 Å². The largest absolute Gasteiger partial charge is 0.262 e. The number of hydrogen-bond acceptors (Lipinski definition) is 3. The molecule has 2 heterocycles. The number of hydrogen-bond donors (Lipinski definition) is 0. The molecular weight excluding hydrogens is 324 g/mol. The molecular formula is C22H18N2S. The Labute approximate surface area is 151 Å². The number of nitrogens with zero attached hydrogens (tertiary/aromatic N) is 2. The van der Waals surface area contributed by atoms with Gasteiger partial charge in [0.15, 0.2) is 0 Å². The minimum Gasteiger partial charge on any atom is -0.262 e. The third kappa shape index (κ3) is 3.24. The summed E-state index contributed by atoms with van der Waals surface area (Å²) < 4.78 is 0. The summed E-state index contributed by atoms with van der Waals surface area (Å²) >= 11 is 1.74. The summed E-state index contributed by atoms with van der Waals surface area (Å²) in [5.41, 5.74) is 6.77. The standard InChI is InChI=1S/C22H18N2S/c1-15-7-6-10-18(13-15)20-21(19-11-12-23-16(2)14-19)25-22(24-20)17-8-4-3-5-9-17/h3-14H,1-2H3. The van der Waals surface area contributed by atoms with Crippen molar-refractivity contribution in [1.29, 1.82) is 0 Å². The van der Waals surface area contributed by atoms with Crippen LogP contribution in [-0.2, 0) is 0 Å². The fourth-order valence-corrected chi connectivity index (χ4v) is 3.98. The zero-order chi connectivity index (χ0) is 17.2. The maximum Gasteiger partial charge on any atom is 0.124 e. The predicted octanol–water partition coefficient (Wildman–Crippen LogP) is 6.16. The predicted molar refractivity (Wildman–Crippen MR) is 106 cm³/mol. The molecule has 0 spiro atoms. The third-order valence-electron chi connectivity index (χ3n) is 4.10. The molecule has 0 radical (unpaired) electrons. The van der Waals surface area contributed by atoms with Gasteiger partial charge in [0.1, 0.15) is 5.01 Å². The molecule has 25 heavy (non-hydrogen) atoms. The van der Waals surface area contributed by atoms with E-state index < -0.39 is 0 Å². The molecule has 0 aliphatic carbocycles. The van der Waals surface area contributed by atoms with Crippen LogP contribution in [0.25, 0.3) is 32.3 Å². The highest BCUT2D eigenvalue weighted by molar-refractivity contribution is 7.19. The molecule has 4 aromatic rings. The summed E-state index contributed by atoms with van der Waals surface area (Å²) in [4.78, 5) is 10.5. The fraction of sp³-hybridized carbons (Fsp3) is 0.0909. The summed E-state index contributed by atoms with van der Waals surface area (Å²) in [5.74, 6) is 0. The van der Waals surface area contributed by atoms with Crippen molar-refractivity contribution in [3.8, 4) is 32.3 Å². The average Bonchev–Trinajstić information content (AvgIpc) is 3.08. The Bertz CT molecular complexity index is 956. The Balaban J connectivity index is 1.93. The quantitative estimate of drug-likeness (QED) is 0.446. The van der Waals surface area contributed by atoms with Crippen molar-refractivity contribution in [2.24, 2.45) is 0 Å². The molecule has 3 heteroatoms. The van der Waals surface area contributed by atoms with Gasteiger partial charge in [-0.3, -0.25) is 4.98 Å². The molecule has 0 amide bonds. The van der Waals surface area contributed by atoms with Crippen molar-refractivity contribution in [2.45, 2.75) is 13.8 Å². The first-order chi connectivity index (χ1) is 12.2. The molecule has 0 bridgehead atoms. The number of aromatic nitrogens is 2. The third-order valence-corrected chi connectivity index (χ3v) is 5.25. The van der Waals surface area contributed by atoms with Crippen LogP contribution in [0.4, 0.5) is 0 Å². The number of pyridine rings is 1. The van der Waals surface area contributed by atoms with E-state index in [1.54, 1.807) is 11.3 Å². The van der Waals surface area contributed by atoms with E-state index in [1.807, 2.05) is 19.2 Å². The lowest BCUT2D eigenvalue weighted by atomic mass is 10.1. The molecule has 122 valence electrons. The molecule has 2 aromatic carbocycles. The van der Waals surface area contributed by atoms with Gasteiger partial charge in [0.25, 0.3) is 0 Å². The molecule has 0 aliphatic heterocycles. The van der Waals surface area contributed by atoms with Gasteiger partial charge in [-0.1, -0.05) is 54.1 Å². The van der Waals surface area contributed by atoms with Crippen molar-refractivity contribution in [3.05, 3.63) is 84.2 Å². The molecule has 2 aromatic heterocycles. The molecule has 0 fully saturated rings. The fourth-order valence-electron chi connectivity index (χ4n) is 2.89. The number of rotatable bonds is 3. The Morgan fingerprint density at radius 2 is 1.56 bits per heavy atom. The second kappa shape index (κ2) is 6.61. The maximum absolute atomic E-state index is 5.00. The highest BCUT2D eigenvalue weighted by atomic mass is 32.1. The Hall–Kier alpha value is -2.78. The first-order valence-corrected chi connectivity index (χ1v) is 9.09. The van der Waals surface area contributed by atoms with Crippen molar-refractivity contribution >= 4 is 11.3 Å². The van der Waals surface area contributed by atoms with E-state index in [0.717, 1.165) is 27.5 Å². The number of aryl methyl sites for hydroxylation is 2. The number of thiazole rings is 1. The second-order valence-corrected chi connectivity index (χ2v) is 7.12. The Morgan fingerprint density at radius 3 is 2.32 bits per heavy atom. The van der Waals surface area contributed by atoms with Gasteiger partial charge in [0.2, 0.25) is 0 Å². The molecule has 0 atom stereocenters. The summed E-state index contributed by atoms with van der Waals surface area (Å²) in [6, 6.07) is 23.1. The molecule has 2 nitrogen and oxygen atoms in total. The molecule has 0 aliphatic rings. The van der Waals surface area contributed by atoms with E-state index in [4.69, 9.17) is 4.98 Å². The van der Waals surface area contributed by atoms with Gasteiger partial charge >= 0.3 is 0 Å². The van der Waals surface area contributed by atoms with Gasteiger partial charge in [-0.15, -0.1) is 11.3 Å². The lowest BCUT2D eigenvalue weighted by molar-refractivity contribution is 1.20. The van der Waals surface area contributed by atoms with Gasteiger partial charge in [0, 0.05) is 23.0 Å². The van der Waals surface area contributed by atoms with Gasteiger partial charge in [-0.25, -0.2) is 4.98 Å². The topological polar surface area (TPSA) is 25.8 Å². The molecule has 0 unspecified atom stereocenters. The first-order valence-electron chi connectivity index (χ1n) is 8.27. The number of benzene rings is 2. The van der Waals surface area contributed by atoms with Crippen LogP contribution in [0.1, 0.15) is 11.3 Å². The Kier molecular flexibility index (Phi) is 4.16.